The molecule has 3 aromatic heterocycles. The Kier molecular flexibility index (Phi) is 5.63. The van der Waals surface area contributed by atoms with E-state index in [2.05, 4.69) is 144 Å². The Morgan fingerprint density at radius 3 is 1.90 bits per heavy atom. The predicted molar refractivity (Wildman–Crippen MR) is 207 cm³/mol. The van der Waals surface area contributed by atoms with E-state index in [1.54, 1.807) is 0 Å². The molecule has 0 atom stereocenters. The molecular weight excluding hydrogens is 611 g/mol. The third kappa shape index (κ3) is 3.93. The minimum Gasteiger partial charge on any atom is -0.456 e. The highest BCUT2D eigenvalue weighted by Gasteiger charge is 2.19. The molecule has 0 saturated carbocycles. The second-order valence-electron chi connectivity index (χ2n) is 13.0. The zero-order valence-electron chi connectivity index (χ0n) is 26.8. The predicted octanol–water partition coefficient (Wildman–Crippen LogP) is 12.3. The van der Waals surface area contributed by atoms with Gasteiger partial charge in [0.2, 0.25) is 0 Å². The topological polar surface area (TPSA) is 43.9 Å². The smallest absolute Gasteiger partial charge is 0.136 e. The first-order valence-electron chi connectivity index (χ1n) is 16.9. The first-order valence-corrected chi connectivity index (χ1v) is 16.9. The summed E-state index contributed by atoms with van der Waals surface area (Å²) in [5.74, 6) is 0. The van der Waals surface area contributed by atoms with E-state index in [0.29, 0.717) is 0 Å². The first-order chi connectivity index (χ1) is 24.8. The number of benzene rings is 8. The first kappa shape index (κ1) is 27.2. The van der Waals surface area contributed by atoms with Crippen molar-refractivity contribution in [2.75, 3.05) is 0 Å². The summed E-state index contributed by atoms with van der Waals surface area (Å²) in [6.07, 6.45) is 0. The average Bonchev–Trinajstić information content (AvgIpc) is 3.71. The van der Waals surface area contributed by atoms with Gasteiger partial charge in [0, 0.05) is 43.7 Å². The van der Waals surface area contributed by atoms with Crippen molar-refractivity contribution < 1.29 is 4.42 Å². The van der Waals surface area contributed by atoms with Crippen LogP contribution in [0.2, 0.25) is 0 Å². The number of para-hydroxylation sites is 2. The van der Waals surface area contributed by atoms with Crippen molar-refractivity contribution in [2.24, 2.45) is 0 Å². The molecule has 3 heterocycles. The number of hydrogen-bond donors (Lipinski definition) is 0. The lowest BCUT2D eigenvalue weighted by Gasteiger charge is -2.14. The van der Waals surface area contributed by atoms with Crippen LogP contribution in [-0.2, 0) is 0 Å². The molecule has 4 heteroatoms. The zero-order valence-corrected chi connectivity index (χ0v) is 26.8. The largest absolute Gasteiger partial charge is 0.456 e. The van der Waals surface area contributed by atoms with Gasteiger partial charge in [0.25, 0.3) is 0 Å². The van der Waals surface area contributed by atoms with Crippen LogP contribution >= 0.6 is 0 Å². The summed E-state index contributed by atoms with van der Waals surface area (Å²) in [6.45, 7) is 0. The normalized spacial score (nSPS) is 12.0. The number of hydrogen-bond acceptors (Lipinski definition) is 3. The maximum atomic E-state index is 6.33. The van der Waals surface area contributed by atoms with E-state index in [4.69, 9.17) is 14.4 Å². The Balaban J connectivity index is 1.23. The van der Waals surface area contributed by atoms with Crippen LogP contribution in [0.4, 0.5) is 0 Å². The van der Waals surface area contributed by atoms with E-state index >= 15 is 0 Å². The molecule has 8 aromatic carbocycles. The van der Waals surface area contributed by atoms with Gasteiger partial charge < -0.3 is 8.98 Å². The highest BCUT2D eigenvalue weighted by molar-refractivity contribution is 6.20. The molecule has 0 aliphatic heterocycles. The van der Waals surface area contributed by atoms with Gasteiger partial charge in [0.05, 0.1) is 33.5 Å². The lowest BCUT2D eigenvalue weighted by molar-refractivity contribution is 0.669. The van der Waals surface area contributed by atoms with Crippen LogP contribution in [-0.4, -0.2) is 14.5 Å². The molecule has 50 heavy (non-hydrogen) atoms. The summed E-state index contributed by atoms with van der Waals surface area (Å²) in [5.41, 5.74) is 10.8. The van der Waals surface area contributed by atoms with Crippen LogP contribution in [0.5, 0.6) is 0 Å². The quantitative estimate of drug-likeness (QED) is 0.181. The van der Waals surface area contributed by atoms with E-state index in [1.807, 2.05) is 24.3 Å². The van der Waals surface area contributed by atoms with Crippen molar-refractivity contribution in [3.8, 4) is 28.2 Å². The van der Waals surface area contributed by atoms with Crippen molar-refractivity contribution >= 4 is 76.3 Å². The van der Waals surface area contributed by atoms with Gasteiger partial charge in [-0.1, -0.05) is 121 Å². The minimum absolute atomic E-state index is 0.875. The monoisotopic (exact) mass is 637 g/mol. The van der Waals surface area contributed by atoms with E-state index in [9.17, 15) is 0 Å². The van der Waals surface area contributed by atoms with E-state index in [0.717, 1.165) is 93.8 Å². The maximum absolute atomic E-state index is 6.33. The van der Waals surface area contributed by atoms with E-state index in [1.165, 1.54) is 10.8 Å². The third-order valence-corrected chi connectivity index (χ3v) is 10.1. The molecule has 232 valence electrons. The molecule has 0 bridgehead atoms. The molecule has 0 radical (unpaired) electrons. The van der Waals surface area contributed by atoms with Gasteiger partial charge in [-0.05, 0) is 58.6 Å². The SMILES string of the molecule is c1ccc(-c2nc3ccc4ccc5ccc(-n6c7ccccc7c7cc8oc9ccccc9c8cc76)cc5c4c3nc2-c2ccccc2)cc1. The second kappa shape index (κ2) is 10.4. The molecule has 0 aliphatic carbocycles. The average molecular weight is 638 g/mol. The van der Waals surface area contributed by atoms with E-state index < -0.39 is 0 Å². The van der Waals surface area contributed by atoms with Crippen LogP contribution in [0.25, 0.3) is 105 Å². The standard InChI is InChI=1S/C46H27N3O/c1-3-11-30(12-4-1)44-45(31-13-5-2-6-14-31)48-46-38(47-44)24-22-29-20-19-28-21-23-32(25-35(28)43(29)46)49-39-17-9-7-15-33(39)36-27-42-37(26-40(36)49)34-16-8-10-18-41(34)50-42/h1-27H. The van der Waals surface area contributed by atoms with Crippen LogP contribution in [0.3, 0.4) is 0 Å². The summed E-state index contributed by atoms with van der Waals surface area (Å²) >= 11 is 0. The number of aromatic nitrogens is 3. The Labute approximate surface area is 286 Å². The minimum atomic E-state index is 0.875. The van der Waals surface area contributed by atoms with Crippen molar-refractivity contribution in [3.05, 3.63) is 164 Å². The Morgan fingerprint density at radius 2 is 1.08 bits per heavy atom. The zero-order chi connectivity index (χ0) is 32.8. The van der Waals surface area contributed by atoms with Gasteiger partial charge in [-0.15, -0.1) is 0 Å². The summed E-state index contributed by atoms with van der Waals surface area (Å²) in [5, 5.41) is 9.15. The maximum Gasteiger partial charge on any atom is 0.136 e. The molecule has 11 aromatic rings. The lowest BCUT2D eigenvalue weighted by atomic mass is 9.98. The molecule has 0 spiro atoms. The van der Waals surface area contributed by atoms with Crippen molar-refractivity contribution in [3.63, 3.8) is 0 Å². The van der Waals surface area contributed by atoms with Gasteiger partial charge in [-0.2, -0.15) is 0 Å². The number of furan rings is 1. The van der Waals surface area contributed by atoms with Crippen LogP contribution in [0.1, 0.15) is 0 Å². The van der Waals surface area contributed by atoms with E-state index in [-0.39, 0.29) is 0 Å². The summed E-state index contributed by atoms with van der Waals surface area (Å²) in [7, 11) is 0. The van der Waals surface area contributed by atoms with Crippen molar-refractivity contribution in [1.82, 2.24) is 14.5 Å². The van der Waals surface area contributed by atoms with Crippen LogP contribution in [0, 0.1) is 0 Å². The second-order valence-corrected chi connectivity index (χ2v) is 13.0. The fourth-order valence-electron chi connectivity index (χ4n) is 7.84. The van der Waals surface area contributed by atoms with Crippen molar-refractivity contribution in [2.45, 2.75) is 0 Å². The highest BCUT2D eigenvalue weighted by atomic mass is 16.3. The molecule has 0 aliphatic rings. The van der Waals surface area contributed by atoms with Gasteiger partial charge in [0.1, 0.15) is 11.2 Å². The fourth-order valence-corrected chi connectivity index (χ4v) is 7.84. The fraction of sp³-hybridized carbons (Fsp3) is 0. The van der Waals surface area contributed by atoms with Gasteiger partial charge >= 0.3 is 0 Å². The van der Waals surface area contributed by atoms with Gasteiger partial charge in [-0.25, -0.2) is 9.97 Å². The Hall–Kier alpha value is -6.78. The molecule has 0 fully saturated rings. The van der Waals surface area contributed by atoms with Crippen LogP contribution in [0.15, 0.2) is 168 Å². The molecule has 0 unspecified atom stereocenters. The molecular formula is C46H27N3O. The summed E-state index contributed by atoms with van der Waals surface area (Å²) in [6, 6.07) is 57.7. The van der Waals surface area contributed by atoms with Gasteiger partial charge in [-0.3, -0.25) is 0 Å². The molecule has 11 rings (SSSR count). The molecule has 4 nitrogen and oxygen atoms in total. The Bertz CT molecular complexity index is 3140. The molecule has 0 saturated heterocycles. The van der Waals surface area contributed by atoms with Gasteiger partial charge in [0.15, 0.2) is 0 Å². The number of fused-ring (bicyclic) bond motifs is 11. The van der Waals surface area contributed by atoms with Crippen molar-refractivity contribution in [1.29, 1.82) is 0 Å². The summed E-state index contributed by atoms with van der Waals surface area (Å²) < 4.78 is 8.72. The molecule has 0 amide bonds. The third-order valence-electron chi connectivity index (χ3n) is 10.1. The number of nitrogens with zero attached hydrogens (tertiary/aromatic N) is 3. The lowest BCUT2D eigenvalue weighted by Crippen LogP contribution is -1.97. The molecule has 0 N–H and O–H groups in total. The summed E-state index contributed by atoms with van der Waals surface area (Å²) in [4.78, 5) is 10.8. The highest BCUT2D eigenvalue weighted by Crippen LogP contribution is 2.40. The number of rotatable bonds is 3. The Morgan fingerprint density at radius 1 is 0.420 bits per heavy atom. The van der Waals surface area contributed by atoms with Crippen LogP contribution < -0.4 is 0 Å².